The first kappa shape index (κ1) is 11.9. The molecule has 90 valence electrons. The van der Waals surface area contributed by atoms with Gasteiger partial charge in [-0.1, -0.05) is 30.3 Å². The van der Waals surface area contributed by atoms with E-state index >= 15 is 0 Å². The molecule has 0 radical (unpaired) electrons. The fourth-order valence-electron chi connectivity index (χ4n) is 2.15. The maximum atomic E-state index is 11.7. The molecule has 1 aliphatic heterocycles. The molecule has 2 atom stereocenters. The molecule has 0 fully saturated rings. The highest BCUT2D eigenvalue weighted by Crippen LogP contribution is 2.32. The Morgan fingerprint density at radius 2 is 2.35 bits per heavy atom. The molecule has 0 saturated heterocycles. The van der Waals surface area contributed by atoms with Gasteiger partial charge >= 0.3 is 5.97 Å². The molecule has 2 rings (SSSR count). The van der Waals surface area contributed by atoms with Crippen LogP contribution in [0.25, 0.3) is 0 Å². The van der Waals surface area contributed by atoms with Gasteiger partial charge in [-0.2, -0.15) is 0 Å². The van der Waals surface area contributed by atoms with Gasteiger partial charge in [0.25, 0.3) is 0 Å². The number of esters is 1. The molecular formula is C14H16O3. The van der Waals surface area contributed by atoms with Crippen molar-refractivity contribution in [3.63, 3.8) is 0 Å². The Labute approximate surface area is 101 Å². The predicted molar refractivity (Wildman–Crippen MR) is 64.6 cm³/mol. The molecule has 0 bridgehead atoms. The minimum atomic E-state index is -0.602. The van der Waals surface area contributed by atoms with Gasteiger partial charge in [0.1, 0.15) is 0 Å². The van der Waals surface area contributed by atoms with Gasteiger partial charge < -0.3 is 9.47 Å². The molecule has 0 amide bonds. The Kier molecular flexibility index (Phi) is 3.59. The van der Waals surface area contributed by atoms with E-state index in [2.05, 4.69) is 6.58 Å². The van der Waals surface area contributed by atoms with E-state index in [1.165, 1.54) is 7.11 Å². The predicted octanol–water partition coefficient (Wildman–Crippen LogP) is 2.42. The number of methoxy groups -OCH3 is 1. The van der Waals surface area contributed by atoms with Crippen LogP contribution in [-0.2, 0) is 20.7 Å². The molecule has 0 aromatic heterocycles. The van der Waals surface area contributed by atoms with Crippen molar-refractivity contribution >= 4 is 5.97 Å². The highest BCUT2D eigenvalue weighted by atomic mass is 16.6. The Bertz CT molecular complexity index is 425. The van der Waals surface area contributed by atoms with Crippen molar-refractivity contribution in [1.29, 1.82) is 0 Å². The summed E-state index contributed by atoms with van der Waals surface area (Å²) in [5, 5.41) is 0. The van der Waals surface area contributed by atoms with Crippen LogP contribution >= 0.6 is 0 Å². The van der Waals surface area contributed by atoms with Gasteiger partial charge in [0.05, 0.1) is 13.2 Å². The van der Waals surface area contributed by atoms with Crippen LogP contribution in [0.5, 0.6) is 0 Å². The van der Waals surface area contributed by atoms with Crippen LogP contribution in [-0.4, -0.2) is 19.2 Å². The van der Waals surface area contributed by atoms with E-state index in [9.17, 15) is 4.79 Å². The highest BCUT2D eigenvalue weighted by Gasteiger charge is 2.32. The maximum absolute atomic E-state index is 11.7. The Balaban J connectivity index is 2.32. The fraction of sp³-hybridized carbons (Fsp3) is 0.357. The van der Waals surface area contributed by atoms with E-state index in [0.717, 1.165) is 24.0 Å². The third-order valence-corrected chi connectivity index (χ3v) is 2.96. The third-order valence-electron chi connectivity index (χ3n) is 2.96. The first-order chi connectivity index (χ1) is 8.26. The number of hydrogen-bond donors (Lipinski definition) is 0. The van der Waals surface area contributed by atoms with Gasteiger partial charge in [0.2, 0.25) is 0 Å². The van der Waals surface area contributed by atoms with Crippen molar-refractivity contribution in [2.45, 2.75) is 25.0 Å². The molecule has 1 aliphatic rings. The van der Waals surface area contributed by atoms with E-state index < -0.39 is 6.10 Å². The molecule has 0 unspecified atom stereocenters. The van der Waals surface area contributed by atoms with Crippen LogP contribution in [0.3, 0.4) is 0 Å². The normalized spacial score (nSPS) is 22.6. The summed E-state index contributed by atoms with van der Waals surface area (Å²) in [5.41, 5.74) is 2.07. The number of benzene rings is 1. The number of carbonyl (C=O) groups is 1. The zero-order chi connectivity index (χ0) is 12.3. The summed E-state index contributed by atoms with van der Waals surface area (Å²) in [5.74, 6) is -0.341. The average Bonchev–Trinajstić information content (AvgIpc) is 2.37. The van der Waals surface area contributed by atoms with E-state index in [0.29, 0.717) is 0 Å². The van der Waals surface area contributed by atoms with Gasteiger partial charge in [0, 0.05) is 0 Å². The quantitative estimate of drug-likeness (QED) is 0.593. The number of carbonyl (C=O) groups excluding carboxylic acids is 1. The van der Waals surface area contributed by atoms with Gasteiger partial charge in [-0.3, -0.25) is 0 Å². The molecule has 0 spiro atoms. The Hall–Kier alpha value is -1.61. The minimum absolute atomic E-state index is 0.00602. The summed E-state index contributed by atoms with van der Waals surface area (Å²) in [6.07, 6.45) is 2.77. The van der Waals surface area contributed by atoms with Crippen molar-refractivity contribution in [2.75, 3.05) is 7.11 Å². The summed E-state index contributed by atoms with van der Waals surface area (Å²) >= 11 is 0. The third kappa shape index (κ3) is 2.39. The zero-order valence-electron chi connectivity index (χ0n) is 9.89. The average molecular weight is 232 g/mol. The van der Waals surface area contributed by atoms with Gasteiger partial charge in [-0.15, -0.1) is 6.58 Å². The Morgan fingerprint density at radius 1 is 1.59 bits per heavy atom. The molecule has 3 heteroatoms. The summed E-state index contributed by atoms with van der Waals surface area (Å²) in [6, 6.07) is 7.83. The highest BCUT2D eigenvalue weighted by molar-refractivity contribution is 5.77. The second kappa shape index (κ2) is 5.15. The minimum Gasteiger partial charge on any atom is -0.467 e. The SMILES string of the molecule is C=CC[C@H]1Cc2ccccc2[C@@H](C(=O)OC)O1. The van der Waals surface area contributed by atoms with Crippen LogP contribution in [0.1, 0.15) is 23.7 Å². The first-order valence-corrected chi connectivity index (χ1v) is 5.68. The van der Waals surface area contributed by atoms with Crippen LogP contribution < -0.4 is 0 Å². The van der Waals surface area contributed by atoms with Crippen LogP contribution in [0, 0.1) is 0 Å². The topological polar surface area (TPSA) is 35.5 Å². The van der Waals surface area contributed by atoms with Crippen molar-refractivity contribution in [3.8, 4) is 0 Å². The van der Waals surface area contributed by atoms with Crippen molar-refractivity contribution in [2.24, 2.45) is 0 Å². The second-order valence-electron chi connectivity index (χ2n) is 4.09. The number of hydrogen-bond acceptors (Lipinski definition) is 3. The summed E-state index contributed by atoms with van der Waals surface area (Å²) in [7, 11) is 1.38. The summed E-state index contributed by atoms with van der Waals surface area (Å²) in [6.45, 7) is 3.70. The lowest BCUT2D eigenvalue weighted by atomic mass is 9.93. The van der Waals surface area contributed by atoms with Gasteiger partial charge in [-0.05, 0) is 24.0 Å². The number of rotatable bonds is 3. The molecule has 17 heavy (non-hydrogen) atoms. The lowest BCUT2D eigenvalue weighted by Crippen LogP contribution is -2.30. The summed E-state index contributed by atoms with van der Waals surface area (Å²) < 4.78 is 10.5. The molecule has 1 heterocycles. The lowest BCUT2D eigenvalue weighted by molar-refractivity contribution is -0.160. The molecular weight excluding hydrogens is 216 g/mol. The smallest absolute Gasteiger partial charge is 0.339 e. The van der Waals surface area contributed by atoms with Gasteiger partial charge in [0.15, 0.2) is 6.10 Å². The standard InChI is InChI=1S/C14H16O3/c1-3-6-11-9-10-7-4-5-8-12(10)13(17-11)14(15)16-2/h3-5,7-8,11,13H,1,6,9H2,2H3/t11-,13-/m0/s1. The van der Waals surface area contributed by atoms with Crippen LogP contribution in [0.4, 0.5) is 0 Å². The van der Waals surface area contributed by atoms with Crippen molar-refractivity contribution in [3.05, 3.63) is 48.0 Å². The largest absolute Gasteiger partial charge is 0.467 e. The van der Waals surface area contributed by atoms with E-state index in [4.69, 9.17) is 9.47 Å². The van der Waals surface area contributed by atoms with Gasteiger partial charge in [-0.25, -0.2) is 4.79 Å². The van der Waals surface area contributed by atoms with E-state index in [1.54, 1.807) is 0 Å². The summed E-state index contributed by atoms with van der Waals surface area (Å²) in [4.78, 5) is 11.7. The molecule has 1 aromatic rings. The number of ether oxygens (including phenoxy) is 2. The lowest BCUT2D eigenvalue weighted by Gasteiger charge is -2.30. The fourth-order valence-corrected chi connectivity index (χ4v) is 2.15. The first-order valence-electron chi connectivity index (χ1n) is 5.68. The molecule has 1 aromatic carbocycles. The van der Waals surface area contributed by atoms with Crippen LogP contribution in [0.15, 0.2) is 36.9 Å². The maximum Gasteiger partial charge on any atom is 0.339 e. The second-order valence-corrected chi connectivity index (χ2v) is 4.09. The number of fused-ring (bicyclic) bond motifs is 1. The Morgan fingerprint density at radius 3 is 3.06 bits per heavy atom. The molecule has 3 nitrogen and oxygen atoms in total. The molecule has 0 aliphatic carbocycles. The monoisotopic (exact) mass is 232 g/mol. The van der Waals surface area contributed by atoms with Crippen molar-refractivity contribution < 1.29 is 14.3 Å². The zero-order valence-corrected chi connectivity index (χ0v) is 9.89. The van der Waals surface area contributed by atoms with E-state index in [1.807, 2.05) is 30.3 Å². The molecule has 0 saturated carbocycles. The van der Waals surface area contributed by atoms with Crippen molar-refractivity contribution in [1.82, 2.24) is 0 Å². The van der Waals surface area contributed by atoms with Crippen LogP contribution in [0.2, 0.25) is 0 Å². The van der Waals surface area contributed by atoms with E-state index in [-0.39, 0.29) is 12.1 Å². The molecule has 0 N–H and O–H groups in total.